The van der Waals surface area contributed by atoms with Crippen LogP contribution in [-0.2, 0) is 11.3 Å². The van der Waals surface area contributed by atoms with Gasteiger partial charge in [-0.15, -0.1) is 0 Å². The van der Waals surface area contributed by atoms with E-state index in [-0.39, 0.29) is 12.1 Å². The molecular weight excluding hydrogens is 292 g/mol. The Morgan fingerprint density at radius 3 is 2.83 bits per heavy atom. The Labute approximate surface area is 138 Å². The highest BCUT2D eigenvalue weighted by Gasteiger charge is 2.23. The fraction of sp³-hybridized carbons (Fsp3) is 0.588. The molecule has 0 radical (unpaired) electrons. The van der Waals surface area contributed by atoms with E-state index in [0.29, 0.717) is 25.3 Å². The number of amides is 2. The number of hydrogen-bond donors (Lipinski definition) is 2. The average Bonchev–Trinajstić information content (AvgIpc) is 2.99. The van der Waals surface area contributed by atoms with E-state index in [1.807, 2.05) is 49.0 Å². The van der Waals surface area contributed by atoms with Crippen molar-refractivity contribution < 1.29 is 9.53 Å². The van der Waals surface area contributed by atoms with Crippen molar-refractivity contribution in [1.29, 1.82) is 0 Å². The van der Waals surface area contributed by atoms with Crippen LogP contribution < -0.4 is 16.0 Å². The highest BCUT2D eigenvalue weighted by molar-refractivity contribution is 5.74. The molecule has 1 unspecified atom stereocenters. The summed E-state index contributed by atoms with van der Waals surface area (Å²) in [6.45, 7) is 4.44. The number of carbonyl (C=O) groups is 1. The summed E-state index contributed by atoms with van der Waals surface area (Å²) in [7, 11) is 3.98. The maximum atomic E-state index is 12.4. The minimum Gasteiger partial charge on any atom is -0.399 e. The molecule has 1 aliphatic heterocycles. The lowest BCUT2D eigenvalue weighted by Crippen LogP contribution is -2.43. The van der Waals surface area contributed by atoms with Crippen molar-refractivity contribution in [3.05, 3.63) is 23.8 Å². The Balaban J connectivity index is 2.18. The second kappa shape index (κ2) is 8.06. The van der Waals surface area contributed by atoms with Gasteiger partial charge in [0.1, 0.15) is 0 Å². The zero-order chi connectivity index (χ0) is 16.8. The lowest BCUT2D eigenvalue weighted by molar-refractivity contribution is 0.0796. The van der Waals surface area contributed by atoms with Gasteiger partial charge < -0.3 is 25.6 Å². The van der Waals surface area contributed by atoms with Crippen LogP contribution in [0.4, 0.5) is 16.2 Å². The van der Waals surface area contributed by atoms with Crippen LogP contribution in [0.5, 0.6) is 0 Å². The molecule has 0 bridgehead atoms. The van der Waals surface area contributed by atoms with Crippen molar-refractivity contribution in [2.24, 2.45) is 0 Å². The van der Waals surface area contributed by atoms with E-state index in [9.17, 15) is 4.79 Å². The predicted octanol–water partition coefficient (Wildman–Crippen LogP) is 2.05. The molecule has 0 spiro atoms. The monoisotopic (exact) mass is 320 g/mol. The van der Waals surface area contributed by atoms with Gasteiger partial charge >= 0.3 is 6.03 Å². The average molecular weight is 320 g/mol. The van der Waals surface area contributed by atoms with Crippen molar-refractivity contribution in [2.45, 2.75) is 32.4 Å². The van der Waals surface area contributed by atoms with E-state index in [0.717, 1.165) is 30.7 Å². The molecule has 2 amide bonds. The number of benzene rings is 1. The van der Waals surface area contributed by atoms with Crippen molar-refractivity contribution in [2.75, 3.05) is 44.4 Å². The third-order valence-corrected chi connectivity index (χ3v) is 4.01. The number of nitrogen functional groups attached to an aromatic ring is 1. The van der Waals surface area contributed by atoms with Crippen LogP contribution in [-0.4, -0.2) is 50.8 Å². The lowest BCUT2D eigenvalue weighted by atomic mass is 10.1. The zero-order valence-electron chi connectivity index (χ0n) is 14.3. The summed E-state index contributed by atoms with van der Waals surface area (Å²) in [5, 5.41) is 2.89. The zero-order valence-corrected chi connectivity index (χ0v) is 14.3. The van der Waals surface area contributed by atoms with Crippen LogP contribution in [0.25, 0.3) is 0 Å². The van der Waals surface area contributed by atoms with E-state index < -0.39 is 0 Å². The summed E-state index contributed by atoms with van der Waals surface area (Å²) in [6.07, 6.45) is 2.20. The van der Waals surface area contributed by atoms with Crippen LogP contribution in [0.2, 0.25) is 0 Å². The van der Waals surface area contributed by atoms with E-state index in [2.05, 4.69) is 5.32 Å². The molecule has 6 heteroatoms. The summed E-state index contributed by atoms with van der Waals surface area (Å²) < 4.78 is 5.69. The molecule has 0 aromatic heterocycles. The van der Waals surface area contributed by atoms with Crippen molar-refractivity contribution >= 4 is 17.4 Å². The number of nitrogens with one attached hydrogen (secondary N) is 1. The number of carbonyl (C=O) groups excluding carboxylic acids is 1. The Morgan fingerprint density at radius 1 is 1.43 bits per heavy atom. The molecule has 0 aliphatic carbocycles. The van der Waals surface area contributed by atoms with Gasteiger partial charge in [-0.3, -0.25) is 0 Å². The fourth-order valence-electron chi connectivity index (χ4n) is 2.89. The van der Waals surface area contributed by atoms with Gasteiger partial charge in [0.2, 0.25) is 0 Å². The summed E-state index contributed by atoms with van der Waals surface area (Å²) in [4.78, 5) is 16.3. The summed E-state index contributed by atoms with van der Waals surface area (Å²) in [5.74, 6) is 0. The van der Waals surface area contributed by atoms with Crippen LogP contribution in [0.15, 0.2) is 18.2 Å². The molecule has 1 aromatic carbocycles. The molecule has 1 atom stereocenters. The topological polar surface area (TPSA) is 70.8 Å². The van der Waals surface area contributed by atoms with Gasteiger partial charge in [0.25, 0.3) is 0 Å². The maximum absolute atomic E-state index is 12.4. The molecule has 1 aromatic rings. The molecule has 6 nitrogen and oxygen atoms in total. The second-order valence-corrected chi connectivity index (χ2v) is 6.13. The quantitative estimate of drug-likeness (QED) is 0.787. The van der Waals surface area contributed by atoms with E-state index in [1.54, 1.807) is 0 Å². The first kappa shape index (κ1) is 17.4. The minimum absolute atomic E-state index is 0.0601. The minimum atomic E-state index is -0.0601. The number of urea groups is 1. The molecule has 0 saturated carbocycles. The molecule has 1 fully saturated rings. The second-order valence-electron chi connectivity index (χ2n) is 6.13. The number of rotatable bonds is 6. The fourth-order valence-corrected chi connectivity index (χ4v) is 2.89. The normalized spacial score (nSPS) is 17.1. The number of hydrogen-bond acceptors (Lipinski definition) is 4. The molecular formula is C17H28N4O2. The molecule has 1 saturated heterocycles. The van der Waals surface area contributed by atoms with Gasteiger partial charge in [-0.2, -0.15) is 0 Å². The van der Waals surface area contributed by atoms with Gasteiger partial charge in [0.15, 0.2) is 0 Å². The Kier molecular flexibility index (Phi) is 6.10. The van der Waals surface area contributed by atoms with Gasteiger partial charge in [0.05, 0.1) is 6.10 Å². The first-order chi connectivity index (χ1) is 11.0. The van der Waals surface area contributed by atoms with Crippen molar-refractivity contribution in [3.8, 4) is 0 Å². The SMILES string of the molecule is CCNC(=O)N(Cc1cc(N)ccc1N(C)C)CC1CCCO1. The van der Waals surface area contributed by atoms with Crippen molar-refractivity contribution in [1.82, 2.24) is 10.2 Å². The standard InChI is InChI=1S/C17H28N4O2/c1-4-19-17(22)21(12-15-6-5-9-23-15)11-13-10-14(18)7-8-16(13)20(2)3/h7-8,10,15H,4-6,9,11-12,18H2,1-3H3,(H,19,22). The third kappa shape index (κ3) is 4.76. The maximum Gasteiger partial charge on any atom is 0.317 e. The van der Waals surface area contributed by atoms with Gasteiger partial charge in [-0.05, 0) is 43.5 Å². The number of ether oxygens (including phenoxy) is 1. The molecule has 1 aliphatic rings. The summed E-state index contributed by atoms with van der Waals surface area (Å²) in [5.41, 5.74) is 8.76. The molecule has 3 N–H and O–H groups in total. The van der Waals surface area contributed by atoms with Gasteiger partial charge in [0, 0.05) is 51.7 Å². The Morgan fingerprint density at radius 2 is 2.22 bits per heavy atom. The first-order valence-corrected chi connectivity index (χ1v) is 8.21. The first-order valence-electron chi connectivity index (χ1n) is 8.21. The Hall–Kier alpha value is -1.95. The Bertz CT molecular complexity index is 527. The van der Waals surface area contributed by atoms with Crippen LogP contribution in [0, 0.1) is 0 Å². The van der Waals surface area contributed by atoms with Crippen LogP contribution in [0.1, 0.15) is 25.3 Å². The predicted molar refractivity (Wildman–Crippen MR) is 93.6 cm³/mol. The van der Waals surface area contributed by atoms with Gasteiger partial charge in [-0.1, -0.05) is 0 Å². The largest absolute Gasteiger partial charge is 0.399 e. The molecule has 23 heavy (non-hydrogen) atoms. The van der Waals surface area contributed by atoms with E-state index in [4.69, 9.17) is 10.5 Å². The lowest BCUT2D eigenvalue weighted by Gasteiger charge is -2.28. The van der Waals surface area contributed by atoms with Crippen LogP contribution in [0.3, 0.4) is 0 Å². The summed E-state index contributed by atoms with van der Waals surface area (Å²) >= 11 is 0. The number of nitrogens with zero attached hydrogens (tertiary/aromatic N) is 2. The molecule has 1 heterocycles. The van der Waals surface area contributed by atoms with Crippen LogP contribution >= 0.6 is 0 Å². The molecule has 128 valence electrons. The highest BCUT2D eigenvalue weighted by Crippen LogP contribution is 2.24. The van der Waals surface area contributed by atoms with Gasteiger partial charge in [-0.25, -0.2) is 4.79 Å². The van der Waals surface area contributed by atoms with Crippen molar-refractivity contribution in [3.63, 3.8) is 0 Å². The smallest absolute Gasteiger partial charge is 0.317 e. The van der Waals surface area contributed by atoms with E-state index in [1.165, 1.54) is 0 Å². The van der Waals surface area contributed by atoms with E-state index >= 15 is 0 Å². The summed E-state index contributed by atoms with van der Waals surface area (Å²) in [6, 6.07) is 5.76. The number of nitrogens with two attached hydrogens (primary N) is 1. The molecule has 2 rings (SSSR count). The highest BCUT2D eigenvalue weighted by atomic mass is 16.5. The number of anilines is 2. The third-order valence-electron chi connectivity index (χ3n) is 4.01.